The molecule has 1 heterocycles. The average Bonchev–Trinajstić information content (AvgIpc) is 2.78. The molecule has 4 nitrogen and oxygen atoms in total. The van der Waals surface area contributed by atoms with Gasteiger partial charge >= 0.3 is 0 Å². The van der Waals surface area contributed by atoms with Crippen molar-refractivity contribution in [1.82, 2.24) is 5.01 Å². The molecule has 1 aromatic rings. The number of nitrogens with two attached hydrogens (primary N) is 1. The van der Waals surface area contributed by atoms with Gasteiger partial charge in [-0.05, 0) is 37.1 Å². The molecule has 0 saturated heterocycles. The van der Waals surface area contributed by atoms with Crippen LogP contribution in [0.4, 0.5) is 0 Å². The summed E-state index contributed by atoms with van der Waals surface area (Å²) in [6.45, 7) is 3.55. The van der Waals surface area contributed by atoms with E-state index in [0.29, 0.717) is 12.6 Å². The van der Waals surface area contributed by atoms with Crippen LogP contribution in [0.1, 0.15) is 37.8 Å². The summed E-state index contributed by atoms with van der Waals surface area (Å²) in [7, 11) is 2.02. The van der Waals surface area contributed by atoms with Gasteiger partial charge in [-0.15, -0.1) is 0 Å². The summed E-state index contributed by atoms with van der Waals surface area (Å²) >= 11 is 0. The Morgan fingerprint density at radius 3 is 2.74 bits per heavy atom. The predicted octanol–water partition coefficient (Wildman–Crippen LogP) is 2.56. The molecule has 0 amide bonds. The quantitative estimate of drug-likeness (QED) is 0.856. The number of hydrogen-bond donors (Lipinski definition) is 1. The van der Waals surface area contributed by atoms with Gasteiger partial charge in [0.2, 0.25) is 0 Å². The summed E-state index contributed by atoms with van der Waals surface area (Å²) in [5, 5.41) is 6.58. The molecule has 104 valence electrons. The maximum absolute atomic E-state index is 5.60. The van der Waals surface area contributed by atoms with Crippen LogP contribution in [0.15, 0.2) is 29.4 Å². The van der Waals surface area contributed by atoms with E-state index in [2.05, 4.69) is 24.2 Å². The Bertz CT molecular complexity index is 428. The Morgan fingerprint density at radius 2 is 2.11 bits per heavy atom. The Labute approximate surface area is 115 Å². The minimum atomic E-state index is 0.335. The van der Waals surface area contributed by atoms with Crippen LogP contribution in [0, 0.1) is 0 Å². The van der Waals surface area contributed by atoms with Gasteiger partial charge in [-0.2, -0.15) is 5.10 Å². The highest BCUT2D eigenvalue weighted by Crippen LogP contribution is 2.30. The highest BCUT2D eigenvalue weighted by atomic mass is 16.5. The molecule has 1 aliphatic rings. The fraction of sp³-hybridized carbons (Fsp3) is 0.533. The molecule has 0 aromatic heterocycles. The van der Waals surface area contributed by atoms with Crippen molar-refractivity contribution in [3.63, 3.8) is 0 Å². The van der Waals surface area contributed by atoms with E-state index >= 15 is 0 Å². The first-order chi connectivity index (χ1) is 9.24. The summed E-state index contributed by atoms with van der Waals surface area (Å²) in [4.78, 5) is 0. The first kappa shape index (κ1) is 13.9. The molecule has 1 atom stereocenters. The van der Waals surface area contributed by atoms with Crippen molar-refractivity contribution in [3.05, 3.63) is 29.8 Å². The number of ether oxygens (including phenoxy) is 1. The van der Waals surface area contributed by atoms with Crippen molar-refractivity contribution in [2.45, 2.75) is 32.2 Å². The van der Waals surface area contributed by atoms with Gasteiger partial charge in [-0.1, -0.05) is 19.1 Å². The second kappa shape index (κ2) is 6.57. The minimum absolute atomic E-state index is 0.335. The molecule has 1 unspecified atom stereocenters. The molecule has 19 heavy (non-hydrogen) atoms. The zero-order valence-corrected chi connectivity index (χ0v) is 11.8. The molecule has 0 fully saturated rings. The Kier molecular flexibility index (Phi) is 4.80. The van der Waals surface area contributed by atoms with E-state index in [-0.39, 0.29) is 0 Å². The molecule has 0 saturated carbocycles. The van der Waals surface area contributed by atoms with E-state index in [4.69, 9.17) is 10.5 Å². The third-order valence-corrected chi connectivity index (χ3v) is 3.35. The third kappa shape index (κ3) is 3.47. The van der Waals surface area contributed by atoms with E-state index < -0.39 is 0 Å². The van der Waals surface area contributed by atoms with Crippen LogP contribution in [0.5, 0.6) is 5.75 Å². The van der Waals surface area contributed by atoms with Crippen molar-refractivity contribution in [2.24, 2.45) is 10.8 Å². The number of nitrogens with zero attached hydrogens (tertiary/aromatic N) is 2. The van der Waals surface area contributed by atoms with Crippen LogP contribution in [0.3, 0.4) is 0 Å². The lowest BCUT2D eigenvalue weighted by Crippen LogP contribution is -2.14. The molecule has 0 aliphatic carbocycles. The van der Waals surface area contributed by atoms with Gasteiger partial charge in [0.05, 0.1) is 12.6 Å². The number of hydrogen-bond acceptors (Lipinski definition) is 4. The normalized spacial score (nSPS) is 18.6. The second-order valence-corrected chi connectivity index (χ2v) is 4.92. The van der Waals surface area contributed by atoms with Gasteiger partial charge in [0.25, 0.3) is 0 Å². The SMILES string of the molecule is CCCOc1ccc(C2CC(CCN)=NN2C)cc1. The van der Waals surface area contributed by atoms with Crippen molar-refractivity contribution in [3.8, 4) is 5.75 Å². The monoisotopic (exact) mass is 261 g/mol. The van der Waals surface area contributed by atoms with Gasteiger partial charge in [0.1, 0.15) is 5.75 Å². The lowest BCUT2D eigenvalue weighted by Gasteiger charge is -2.19. The molecule has 2 N–H and O–H groups in total. The predicted molar refractivity (Wildman–Crippen MR) is 78.5 cm³/mol. The zero-order chi connectivity index (χ0) is 13.7. The van der Waals surface area contributed by atoms with Crippen LogP contribution in [0.25, 0.3) is 0 Å². The summed E-state index contributed by atoms with van der Waals surface area (Å²) in [6.07, 6.45) is 2.89. The van der Waals surface area contributed by atoms with Crippen molar-refractivity contribution < 1.29 is 4.74 Å². The minimum Gasteiger partial charge on any atom is -0.494 e. The molecule has 4 heteroatoms. The first-order valence-corrected chi connectivity index (χ1v) is 6.96. The molecular formula is C15H23N3O. The highest BCUT2D eigenvalue weighted by molar-refractivity contribution is 5.86. The van der Waals surface area contributed by atoms with E-state index in [0.717, 1.165) is 31.6 Å². The maximum atomic E-state index is 5.60. The molecule has 2 rings (SSSR count). The van der Waals surface area contributed by atoms with Crippen molar-refractivity contribution in [2.75, 3.05) is 20.2 Å². The zero-order valence-electron chi connectivity index (χ0n) is 11.8. The Hall–Kier alpha value is -1.55. The number of benzene rings is 1. The Morgan fingerprint density at radius 1 is 1.37 bits per heavy atom. The van der Waals surface area contributed by atoms with Crippen molar-refractivity contribution in [1.29, 1.82) is 0 Å². The molecular weight excluding hydrogens is 238 g/mol. The van der Waals surface area contributed by atoms with Crippen LogP contribution in [-0.4, -0.2) is 30.9 Å². The van der Waals surface area contributed by atoms with Crippen LogP contribution in [0.2, 0.25) is 0 Å². The highest BCUT2D eigenvalue weighted by Gasteiger charge is 2.24. The molecule has 0 bridgehead atoms. The van der Waals surface area contributed by atoms with Gasteiger partial charge in [0, 0.05) is 19.2 Å². The average molecular weight is 261 g/mol. The Balaban J connectivity index is 1.99. The summed E-state index contributed by atoms with van der Waals surface area (Å²) in [5.41, 5.74) is 8.06. The smallest absolute Gasteiger partial charge is 0.119 e. The maximum Gasteiger partial charge on any atom is 0.119 e. The molecule has 0 radical (unpaired) electrons. The lowest BCUT2D eigenvalue weighted by molar-refractivity contribution is 0.289. The lowest BCUT2D eigenvalue weighted by atomic mass is 10.0. The van der Waals surface area contributed by atoms with Gasteiger partial charge in [-0.25, -0.2) is 0 Å². The standard InChI is InChI=1S/C15H23N3O/c1-3-10-19-14-6-4-12(5-7-14)15-11-13(8-9-16)17-18(15)2/h4-7,15H,3,8-11,16H2,1-2H3. The van der Waals surface area contributed by atoms with Gasteiger partial charge in [-0.3, -0.25) is 5.01 Å². The first-order valence-electron chi connectivity index (χ1n) is 6.96. The van der Waals surface area contributed by atoms with Gasteiger partial charge < -0.3 is 10.5 Å². The largest absolute Gasteiger partial charge is 0.494 e. The number of hydrazone groups is 1. The van der Waals surface area contributed by atoms with E-state index in [9.17, 15) is 0 Å². The second-order valence-electron chi connectivity index (χ2n) is 4.92. The van der Waals surface area contributed by atoms with E-state index in [1.165, 1.54) is 11.3 Å². The van der Waals surface area contributed by atoms with E-state index in [1.807, 2.05) is 24.2 Å². The van der Waals surface area contributed by atoms with Gasteiger partial charge in [0.15, 0.2) is 0 Å². The van der Waals surface area contributed by atoms with E-state index in [1.54, 1.807) is 0 Å². The summed E-state index contributed by atoms with van der Waals surface area (Å²) in [6, 6.07) is 8.68. The molecule has 0 spiro atoms. The molecule has 1 aliphatic heterocycles. The summed E-state index contributed by atoms with van der Waals surface area (Å²) in [5.74, 6) is 0.939. The summed E-state index contributed by atoms with van der Waals surface area (Å²) < 4.78 is 5.60. The van der Waals surface area contributed by atoms with Crippen LogP contribution in [-0.2, 0) is 0 Å². The van der Waals surface area contributed by atoms with Crippen molar-refractivity contribution >= 4 is 5.71 Å². The fourth-order valence-electron chi connectivity index (χ4n) is 2.35. The molecule has 1 aromatic carbocycles. The fourth-order valence-corrected chi connectivity index (χ4v) is 2.35. The third-order valence-electron chi connectivity index (χ3n) is 3.35. The number of rotatable bonds is 6. The van der Waals surface area contributed by atoms with Crippen LogP contribution >= 0.6 is 0 Å². The topological polar surface area (TPSA) is 50.9 Å². The van der Waals surface area contributed by atoms with Crippen LogP contribution < -0.4 is 10.5 Å².